The second-order valence-electron chi connectivity index (χ2n) is 5.71. The van der Waals surface area contributed by atoms with E-state index in [2.05, 4.69) is 15.0 Å². The second-order valence-corrected chi connectivity index (χ2v) is 5.71. The summed E-state index contributed by atoms with van der Waals surface area (Å²) in [5, 5.41) is 14.2. The Morgan fingerprint density at radius 1 is 1.26 bits per heavy atom. The number of benzene rings is 1. The third-order valence-electron chi connectivity index (χ3n) is 3.83. The van der Waals surface area contributed by atoms with Crippen molar-refractivity contribution in [2.45, 2.75) is 6.10 Å². The van der Waals surface area contributed by atoms with Crippen LogP contribution in [0.5, 0.6) is 0 Å². The Hall–Kier alpha value is -1.96. The Labute approximate surface area is 135 Å². The van der Waals surface area contributed by atoms with Gasteiger partial charge in [-0.3, -0.25) is 4.90 Å². The smallest absolute Gasteiger partial charge is 0.266 e. The number of likely N-dealkylation sites (N-methyl/N-ethyl adjacent to an activating group) is 1. The molecule has 0 bridgehead atoms. The molecule has 2 aromatic rings. The third-order valence-corrected chi connectivity index (χ3v) is 3.83. The van der Waals surface area contributed by atoms with Crippen LogP contribution in [0.2, 0.25) is 0 Å². The summed E-state index contributed by atoms with van der Waals surface area (Å²) in [4.78, 5) is 8.39. The molecule has 1 fully saturated rings. The molecule has 23 heavy (non-hydrogen) atoms. The Kier molecular flexibility index (Phi) is 5.22. The van der Waals surface area contributed by atoms with Gasteiger partial charge in [-0.25, -0.2) is 0 Å². The number of aliphatic hydroxyl groups is 1. The lowest BCUT2D eigenvalue weighted by atomic mass is 10.2. The molecule has 1 atom stereocenters. The summed E-state index contributed by atoms with van der Waals surface area (Å²) in [7, 11) is 1.85. The van der Waals surface area contributed by atoms with Crippen molar-refractivity contribution in [3.05, 3.63) is 30.3 Å². The van der Waals surface area contributed by atoms with Crippen LogP contribution in [-0.2, 0) is 4.74 Å². The lowest BCUT2D eigenvalue weighted by molar-refractivity contribution is 0.0162. The van der Waals surface area contributed by atoms with Crippen LogP contribution in [0.25, 0.3) is 11.5 Å². The van der Waals surface area contributed by atoms with Crippen molar-refractivity contribution in [2.24, 2.45) is 0 Å². The van der Waals surface area contributed by atoms with Crippen LogP contribution >= 0.6 is 0 Å². The van der Waals surface area contributed by atoms with E-state index in [1.165, 1.54) is 0 Å². The van der Waals surface area contributed by atoms with Gasteiger partial charge in [0.05, 0.1) is 19.3 Å². The van der Waals surface area contributed by atoms with Gasteiger partial charge in [-0.15, -0.1) is 0 Å². The van der Waals surface area contributed by atoms with Crippen LogP contribution in [0.15, 0.2) is 34.9 Å². The van der Waals surface area contributed by atoms with Gasteiger partial charge >= 0.3 is 0 Å². The minimum atomic E-state index is -0.475. The first kappa shape index (κ1) is 15.9. The Balaban J connectivity index is 1.55. The molecular weight excluding hydrogens is 296 g/mol. The molecule has 0 aliphatic carbocycles. The number of nitrogens with zero attached hydrogens (tertiary/aromatic N) is 4. The maximum atomic E-state index is 10.2. The molecule has 2 heterocycles. The lowest BCUT2D eigenvalue weighted by Gasteiger charge is -2.29. The van der Waals surface area contributed by atoms with Crippen molar-refractivity contribution in [3.63, 3.8) is 0 Å². The zero-order valence-electron chi connectivity index (χ0n) is 13.3. The van der Waals surface area contributed by atoms with Gasteiger partial charge in [0, 0.05) is 38.8 Å². The number of hydrogen-bond acceptors (Lipinski definition) is 7. The Morgan fingerprint density at radius 2 is 2.00 bits per heavy atom. The average Bonchev–Trinajstić information content (AvgIpc) is 3.06. The van der Waals surface area contributed by atoms with Crippen molar-refractivity contribution < 1.29 is 14.4 Å². The van der Waals surface area contributed by atoms with Crippen molar-refractivity contribution >= 4 is 5.95 Å². The zero-order valence-corrected chi connectivity index (χ0v) is 13.3. The predicted octanol–water partition coefficient (Wildman–Crippen LogP) is 0.866. The highest BCUT2D eigenvalue weighted by atomic mass is 16.5. The molecule has 1 aromatic heterocycles. The highest BCUT2D eigenvalue weighted by Crippen LogP contribution is 2.19. The van der Waals surface area contributed by atoms with E-state index in [0.29, 0.717) is 24.9 Å². The molecule has 1 N–H and O–H groups in total. The first-order valence-corrected chi connectivity index (χ1v) is 7.81. The van der Waals surface area contributed by atoms with E-state index in [4.69, 9.17) is 9.26 Å². The quantitative estimate of drug-likeness (QED) is 0.847. The summed E-state index contributed by atoms with van der Waals surface area (Å²) < 4.78 is 10.6. The van der Waals surface area contributed by atoms with E-state index >= 15 is 0 Å². The summed E-state index contributed by atoms with van der Waals surface area (Å²) >= 11 is 0. The van der Waals surface area contributed by atoms with Gasteiger partial charge in [0.1, 0.15) is 0 Å². The van der Waals surface area contributed by atoms with E-state index in [1.54, 1.807) is 4.90 Å². The molecule has 124 valence electrons. The van der Waals surface area contributed by atoms with Crippen molar-refractivity contribution in [1.29, 1.82) is 0 Å². The highest BCUT2D eigenvalue weighted by molar-refractivity contribution is 5.53. The molecule has 0 radical (unpaired) electrons. The van der Waals surface area contributed by atoms with Crippen LogP contribution < -0.4 is 4.90 Å². The number of β-amino-alcohol motifs (C(OH)–C–C–N with tert-alkyl or cyclic N) is 1. The van der Waals surface area contributed by atoms with E-state index in [0.717, 1.165) is 31.9 Å². The summed E-state index contributed by atoms with van der Waals surface area (Å²) in [6.07, 6.45) is -0.475. The molecule has 0 amide bonds. The minimum Gasteiger partial charge on any atom is -0.390 e. The molecular formula is C16H22N4O3. The molecule has 1 aromatic carbocycles. The number of aliphatic hydroxyl groups excluding tert-OH is 1. The predicted molar refractivity (Wildman–Crippen MR) is 86.3 cm³/mol. The molecule has 0 saturated carbocycles. The first-order valence-electron chi connectivity index (χ1n) is 7.81. The maximum Gasteiger partial charge on any atom is 0.266 e. The van der Waals surface area contributed by atoms with Crippen molar-refractivity contribution in [2.75, 3.05) is 51.3 Å². The monoisotopic (exact) mass is 318 g/mol. The van der Waals surface area contributed by atoms with Gasteiger partial charge in [-0.05, 0) is 17.3 Å². The average molecular weight is 318 g/mol. The van der Waals surface area contributed by atoms with Gasteiger partial charge in [-0.1, -0.05) is 18.2 Å². The molecule has 0 spiro atoms. The standard InChI is InChI=1S/C16H22N4O3/c1-19(11-14(21)12-20-7-9-22-10-8-20)16-17-15(23-18-16)13-5-3-2-4-6-13/h2-6,14,21H,7-12H2,1H3/t14-/m0/s1. The number of morpholine rings is 1. The van der Waals surface area contributed by atoms with Gasteiger partial charge in [0.25, 0.3) is 11.8 Å². The summed E-state index contributed by atoms with van der Waals surface area (Å²) in [6.45, 7) is 4.26. The molecule has 1 aliphatic heterocycles. The maximum absolute atomic E-state index is 10.2. The summed E-state index contributed by atoms with van der Waals surface area (Å²) in [5.41, 5.74) is 0.883. The number of ether oxygens (including phenoxy) is 1. The zero-order chi connectivity index (χ0) is 16.1. The van der Waals surface area contributed by atoms with Gasteiger partial charge in [0.15, 0.2) is 0 Å². The van der Waals surface area contributed by atoms with Crippen LogP contribution in [0.3, 0.4) is 0 Å². The first-order chi connectivity index (χ1) is 11.2. The number of anilines is 1. The topological polar surface area (TPSA) is 74.9 Å². The van der Waals surface area contributed by atoms with Gasteiger partial charge in [-0.2, -0.15) is 4.98 Å². The van der Waals surface area contributed by atoms with E-state index in [1.807, 2.05) is 37.4 Å². The third kappa shape index (κ3) is 4.28. The molecule has 1 aliphatic rings. The van der Waals surface area contributed by atoms with Crippen LogP contribution in [0.4, 0.5) is 5.95 Å². The van der Waals surface area contributed by atoms with Crippen molar-refractivity contribution in [1.82, 2.24) is 15.0 Å². The number of hydrogen-bond donors (Lipinski definition) is 1. The van der Waals surface area contributed by atoms with Crippen molar-refractivity contribution in [3.8, 4) is 11.5 Å². The number of aromatic nitrogens is 2. The second kappa shape index (κ2) is 7.54. The van der Waals surface area contributed by atoms with E-state index < -0.39 is 6.10 Å². The molecule has 3 rings (SSSR count). The Morgan fingerprint density at radius 3 is 2.74 bits per heavy atom. The highest BCUT2D eigenvalue weighted by Gasteiger charge is 2.18. The molecule has 1 saturated heterocycles. The molecule has 0 unspecified atom stereocenters. The fraction of sp³-hybridized carbons (Fsp3) is 0.500. The van der Waals surface area contributed by atoms with Gasteiger partial charge in [0.2, 0.25) is 0 Å². The minimum absolute atomic E-state index is 0.450. The molecule has 7 nitrogen and oxygen atoms in total. The lowest BCUT2D eigenvalue weighted by Crippen LogP contribution is -2.44. The largest absolute Gasteiger partial charge is 0.390 e. The van der Waals surface area contributed by atoms with Crippen LogP contribution in [0.1, 0.15) is 0 Å². The van der Waals surface area contributed by atoms with E-state index in [-0.39, 0.29) is 0 Å². The van der Waals surface area contributed by atoms with Crippen LogP contribution in [-0.4, -0.2) is 72.7 Å². The summed E-state index contributed by atoms with van der Waals surface area (Å²) in [6, 6.07) is 9.63. The SMILES string of the molecule is CN(C[C@H](O)CN1CCOCC1)c1noc(-c2ccccc2)n1. The Bertz CT molecular complexity index is 598. The van der Waals surface area contributed by atoms with Gasteiger partial charge < -0.3 is 19.3 Å². The fourth-order valence-electron chi connectivity index (χ4n) is 2.61. The van der Waals surface area contributed by atoms with E-state index in [9.17, 15) is 5.11 Å². The normalized spacial score (nSPS) is 17.1. The molecule has 7 heteroatoms. The summed E-state index contributed by atoms with van der Waals surface area (Å²) in [5.74, 6) is 0.958. The van der Waals surface area contributed by atoms with Crippen LogP contribution in [0, 0.1) is 0 Å². The fourth-order valence-corrected chi connectivity index (χ4v) is 2.61. The number of rotatable bonds is 6.